The van der Waals surface area contributed by atoms with Crippen molar-refractivity contribution in [3.63, 3.8) is 0 Å². The van der Waals surface area contributed by atoms with E-state index < -0.39 is 0 Å². The minimum absolute atomic E-state index is 0.0919. The fourth-order valence-electron chi connectivity index (χ4n) is 1.08. The van der Waals surface area contributed by atoms with E-state index in [1.54, 1.807) is 0 Å². The van der Waals surface area contributed by atoms with Gasteiger partial charge in [-0.2, -0.15) is 0 Å². The van der Waals surface area contributed by atoms with Crippen LogP contribution in [-0.2, 0) is 0 Å². The van der Waals surface area contributed by atoms with E-state index in [-0.39, 0.29) is 11.5 Å². The van der Waals surface area contributed by atoms with E-state index in [0.29, 0.717) is 6.42 Å². The lowest BCUT2D eigenvalue weighted by Crippen LogP contribution is -2.25. The van der Waals surface area contributed by atoms with Crippen molar-refractivity contribution in [2.24, 2.45) is 5.41 Å². The van der Waals surface area contributed by atoms with Gasteiger partial charge in [-0.25, -0.2) is 0 Å². The lowest BCUT2D eigenvalue weighted by atomic mass is 9.87. The van der Waals surface area contributed by atoms with Crippen molar-refractivity contribution < 1.29 is 5.11 Å². The molecule has 0 aliphatic heterocycles. The van der Waals surface area contributed by atoms with Gasteiger partial charge in [-0.15, -0.1) is 0 Å². The molecule has 0 aliphatic rings. The van der Waals surface area contributed by atoms with Crippen LogP contribution < -0.4 is 0 Å². The van der Waals surface area contributed by atoms with Gasteiger partial charge in [0.1, 0.15) is 0 Å². The maximum atomic E-state index is 9.76. The van der Waals surface area contributed by atoms with Crippen molar-refractivity contribution in [3.8, 4) is 11.8 Å². The summed E-state index contributed by atoms with van der Waals surface area (Å²) in [6.45, 7) is 6.05. The lowest BCUT2D eigenvalue weighted by Gasteiger charge is -2.23. The van der Waals surface area contributed by atoms with Gasteiger partial charge >= 0.3 is 0 Å². The molecule has 0 amide bonds. The first-order valence-corrected chi connectivity index (χ1v) is 5.22. The quantitative estimate of drug-likeness (QED) is 0.694. The van der Waals surface area contributed by atoms with Crippen molar-refractivity contribution in [2.45, 2.75) is 33.3 Å². The van der Waals surface area contributed by atoms with Gasteiger partial charge in [0.2, 0.25) is 0 Å². The fourth-order valence-corrected chi connectivity index (χ4v) is 1.08. The average molecular weight is 202 g/mol. The largest absolute Gasteiger partial charge is 0.392 e. The standard InChI is InChI=1S/C14H18O/c1-14(2,3)13(15)11-7-10-12-8-5-4-6-9-12/h4-6,8-9,13,15H,11H2,1-3H3/t13-/m1/s1. The van der Waals surface area contributed by atoms with E-state index in [0.717, 1.165) is 5.56 Å². The summed E-state index contributed by atoms with van der Waals surface area (Å²) in [6.07, 6.45) is 0.159. The van der Waals surface area contributed by atoms with Crippen LogP contribution in [0.2, 0.25) is 0 Å². The van der Waals surface area contributed by atoms with Crippen LogP contribution in [0, 0.1) is 17.3 Å². The molecule has 0 bridgehead atoms. The second-order valence-electron chi connectivity index (χ2n) is 4.75. The van der Waals surface area contributed by atoms with Crippen molar-refractivity contribution >= 4 is 0 Å². The van der Waals surface area contributed by atoms with Gasteiger partial charge in [0, 0.05) is 12.0 Å². The number of hydrogen-bond donors (Lipinski definition) is 1. The first-order valence-electron chi connectivity index (χ1n) is 5.22. The second-order valence-corrected chi connectivity index (χ2v) is 4.75. The van der Waals surface area contributed by atoms with Gasteiger partial charge in [-0.1, -0.05) is 50.8 Å². The Morgan fingerprint density at radius 3 is 2.33 bits per heavy atom. The third-order valence-electron chi connectivity index (χ3n) is 2.30. The molecule has 0 saturated heterocycles. The van der Waals surface area contributed by atoms with Gasteiger partial charge in [-0.05, 0) is 17.5 Å². The molecule has 1 heteroatoms. The molecule has 1 aromatic rings. The normalized spacial score (nSPS) is 12.8. The van der Waals surface area contributed by atoms with Crippen LogP contribution in [0.3, 0.4) is 0 Å². The van der Waals surface area contributed by atoms with Gasteiger partial charge in [0.15, 0.2) is 0 Å². The Morgan fingerprint density at radius 2 is 1.80 bits per heavy atom. The smallest absolute Gasteiger partial charge is 0.0697 e. The SMILES string of the molecule is CC(C)(C)[C@H](O)CC#Cc1ccccc1. The van der Waals surface area contributed by atoms with E-state index in [1.165, 1.54) is 0 Å². The molecule has 0 aliphatic carbocycles. The summed E-state index contributed by atoms with van der Waals surface area (Å²) in [7, 11) is 0. The summed E-state index contributed by atoms with van der Waals surface area (Å²) < 4.78 is 0. The Hall–Kier alpha value is -1.26. The molecule has 1 nitrogen and oxygen atoms in total. The number of aliphatic hydroxyl groups is 1. The molecule has 1 atom stereocenters. The predicted octanol–water partition coefficient (Wildman–Crippen LogP) is 2.84. The summed E-state index contributed by atoms with van der Waals surface area (Å²) in [5.41, 5.74) is 0.907. The van der Waals surface area contributed by atoms with E-state index in [4.69, 9.17) is 0 Å². The van der Waals surface area contributed by atoms with Crippen molar-refractivity contribution in [1.29, 1.82) is 0 Å². The molecule has 0 heterocycles. The molecule has 80 valence electrons. The number of aliphatic hydroxyl groups excluding tert-OH is 1. The molecule has 0 saturated carbocycles. The van der Waals surface area contributed by atoms with Crippen LogP contribution in [-0.4, -0.2) is 11.2 Å². The van der Waals surface area contributed by atoms with Gasteiger partial charge in [0.25, 0.3) is 0 Å². The third kappa shape index (κ3) is 4.18. The number of hydrogen-bond acceptors (Lipinski definition) is 1. The highest BCUT2D eigenvalue weighted by atomic mass is 16.3. The molecule has 0 fully saturated rings. The highest BCUT2D eigenvalue weighted by Gasteiger charge is 2.20. The maximum absolute atomic E-state index is 9.76. The lowest BCUT2D eigenvalue weighted by molar-refractivity contribution is 0.0678. The van der Waals surface area contributed by atoms with Crippen LogP contribution in [0.25, 0.3) is 0 Å². The molecule has 15 heavy (non-hydrogen) atoms. The molecule has 0 aromatic heterocycles. The number of benzene rings is 1. The third-order valence-corrected chi connectivity index (χ3v) is 2.30. The van der Waals surface area contributed by atoms with Crippen LogP contribution in [0.15, 0.2) is 30.3 Å². The summed E-state index contributed by atoms with van der Waals surface area (Å²) in [4.78, 5) is 0. The Labute approximate surface area is 92.1 Å². The van der Waals surface area contributed by atoms with Crippen LogP contribution in [0.1, 0.15) is 32.8 Å². The molecule has 1 rings (SSSR count). The van der Waals surface area contributed by atoms with Crippen molar-refractivity contribution in [2.75, 3.05) is 0 Å². The molecule has 0 unspecified atom stereocenters. The van der Waals surface area contributed by atoms with Gasteiger partial charge in [-0.3, -0.25) is 0 Å². The average Bonchev–Trinajstić information content (AvgIpc) is 2.18. The van der Waals surface area contributed by atoms with E-state index in [9.17, 15) is 5.11 Å². The first-order chi connectivity index (χ1) is 7.00. The Bertz CT molecular complexity index is 348. The Morgan fingerprint density at radius 1 is 1.20 bits per heavy atom. The van der Waals surface area contributed by atoms with E-state index >= 15 is 0 Å². The molecule has 0 spiro atoms. The summed E-state index contributed by atoms with van der Waals surface area (Å²) in [6, 6.07) is 9.83. The zero-order chi connectivity index (χ0) is 11.3. The van der Waals surface area contributed by atoms with Crippen LogP contribution >= 0.6 is 0 Å². The van der Waals surface area contributed by atoms with Crippen LogP contribution in [0.5, 0.6) is 0 Å². The second kappa shape index (κ2) is 5.00. The highest BCUT2D eigenvalue weighted by Crippen LogP contribution is 2.20. The highest BCUT2D eigenvalue weighted by molar-refractivity contribution is 5.33. The summed E-state index contributed by atoms with van der Waals surface area (Å²) in [5, 5.41) is 9.76. The van der Waals surface area contributed by atoms with Gasteiger partial charge < -0.3 is 5.11 Å². The number of rotatable bonds is 1. The molecule has 0 radical (unpaired) electrons. The monoisotopic (exact) mass is 202 g/mol. The maximum Gasteiger partial charge on any atom is 0.0697 e. The van der Waals surface area contributed by atoms with E-state index in [1.807, 2.05) is 51.1 Å². The van der Waals surface area contributed by atoms with Crippen molar-refractivity contribution in [1.82, 2.24) is 0 Å². The molecule has 1 aromatic carbocycles. The predicted molar refractivity (Wildman–Crippen MR) is 63.4 cm³/mol. The zero-order valence-electron chi connectivity index (χ0n) is 9.62. The topological polar surface area (TPSA) is 20.2 Å². The summed E-state index contributed by atoms with van der Waals surface area (Å²) >= 11 is 0. The Balaban J connectivity index is 2.55. The minimum atomic E-state index is -0.367. The van der Waals surface area contributed by atoms with Crippen molar-refractivity contribution in [3.05, 3.63) is 35.9 Å². The molecule has 1 N–H and O–H groups in total. The molecular weight excluding hydrogens is 184 g/mol. The minimum Gasteiger partial charge on any atom is -0.392 e. The fraction of sp³-hybridized carbons (Fsp3) is 0.429. The zero-order valence-corrected chi connectivity index (χ0v) is 9.62. The summed E-state index contributed by atoms with van der Waals surface area (Å²) in [5.74, 6) is 6.05. The first kappa shape index (κ1) is 11.8. The van der Waals surface area contributed by atoms with Crippen LogP contribution in [0.4, 0.5) is 0 Å². The van der Waals surface area contributed by atoms with E-state index in [2.05, 4.69) is 11.8 Å². The van der Waals surface area contributed by atoms with Gasteiger partial charge in [0.05, 0.1) is 6.10 Å². The Kier molecular flexibility index (Phi) is 3.94. The molecular formula is C14H18O.